The van der Waals surface area contributed by atoms with Gasteiger partial charge in [-0.2, -0.15) is 0 Å². The number of halogens is 1. The zero-order valence-corrected chi connectivity index (χ0v) is 13.9. The molecule has 25 heavy (non-hydrogen) atoms. The minimum atomic E-state index is -0.469. The van der Waals surface area contributed by atoms with Crippen LogP contribution in [0, 0.1) is 11.7 Å². The van der Waals surface area contributed by atoms with E-state index < -0.39 is 6.04 Å². The first-order chi connectivity index (χ1) is 12.1. The molecular formula is C20H21FN2O2. The van der Waals surface area contributed by atoms with E-state index in [1.165, 1.54) is 24.3 Å². The smallest absolute Gasteiger partial charge is 0.239 e. The number of piperidine rings is 1. The summed E-state index contributed by atoms with van der Waals surface area (Å²) in [6.07, 6.45) is 1.32. The molecule has 0 aromatic heterocycles. The van der Waals surface area contributed by atoms with Crippen LogP contribution in [-0.4, -0.2) is 29.7 Å². The molecule has 1 aliphatic heterocycles. The highest BCUT2D eigenvalue weighted by molar-refractivity contribution is 5.97. The molecule has 0 spiro atoms. The fourth-order valence-electron chi connectivity index (χ4n) is 3.46. The van der Waals surface area contributed by atoms with Crippen LogP contribution < -0.4 is 5.73 Å². The van der Waals surface area contributed by atoms with Gasteiger partial charge in [0.05, 0.1) is 0 Å². The third kappa shape index (κ3) is 3.94. The van der Waals surface area contributed by atoms with Gasteiger partial charge >= 0.3 is 0 Å². The molecule has 1 fully saturated rings. The summed E-state index contributed by atoms with van der Waals surface area (Å²) in [7, 11) is 0. The van der Waals surface area contributed by atoms with Crippen LogP contribution in [0.25, 0.3) is 0 Å². The second-order valence-corrected chi connectivity index (χ2v) is 6.40. The maximum atomic E-state index is 13.0. The summed E-state index contributed by atoms with van der Waals surface area (Å²) in [5.74, 6) is -0.797. The minimum absolute atomic E-state index is 0.0370. The molecule has 4 nitrogen and oxygen atoms in total. The third-order valence-corrected chi connectivity index (χ3v) is 4.78. The number of ketones is 1. The Balaban J connectivity index is 1.67. The normalized spacial score (nSPS) is 17.2. The monoisotopic (exact) mass is 340 g/mol. The van der Waals surface area contributed by atoms with Crippen molar-refractivity contribution >= 4 is 11.7 Å². The molecule has 0 saturated carbocycles. The Morgan fingerprint density at radius 1 is 1.00 bits per heavy atom. The molecule has 1 amide bonds. The summed E-state index contributed by atoms with van der Waals surface area (Å²) >= 11 is 0. The van der Waals surface area contributed by atoms with Gasteiger partial charge in [-0.25, -0.2) is 4.39 Å². The second kappa shape index (κ2) is 7.57. The molecule has 0 aliphatic carbocycles. The van der Waals surface area contributed by atoms with E-state index in [-0.39, 0.29) is 23.4 Å². The Bertz CT molecular complexity index is 738. The molecule has 1 unspecified atom stereocenters. The van der Waals surface area contributed by atoms with Gasteiger partial charge in [-0.15, -0.1) is 0 Å². The van der Waals surface area contributed by atoms with Crippen molar-refractivity contribution in [2.45, 2.75) is 18.9 Å². The summed E-state index contributed by atoms with van der Waals surface area (Å²) in [5, 5.41) is 0. The molecular weight excluding hydrogens is 319 g/mol. The number of nitrogens with zero attached hydrogens (tertiary/aromatic N) is 1. The maximum absolute atomic E-state index is 13.0. The van der Waals surface area contributed by atoms with Gasteiger partial charge in [0.2, 0.25) is 5.91 Å². The molecule has 2 N–H and O–H groups in total. The largest absolute Gasteiger partial charge is 0.368 e. The molecule has 2 aromatic carbocycles. The highest BCUT2D eigenvalue weighted by atomic mass is 19.1. The van der Waals surface area contributed by atoms with Gasteiger partial charge < -0.3 is 5.73 Å². The zero-order chi connectivity index (χ0) is 17.8. The van der Waals surface area contributed by atoms with Gasteiger partial charge in [0.25, 0.3) is 0 Å². The number of likely N-dealkylation sites (tertiary alicyclic amines) is 1. The van der Waals surface area contributed by atoms with Crippen LogP contribution in [0.15, 0.2) is 54.6 Å². The Morgan fingerprint density at radius 2 is 1.60 bits per heavy atom. The Hall–Kier alpha value is -2.53. The van der Waals surface area contributed by atoms with E-state index in [1.807, 2.05) is 35.2 Å². The summed E-state index contributed by atoms with van der Waals surface area (Å²) in [4.78, 5) is 26.5. The second-order valence-electron chi connectivity index (χ2n) is 6.40. The van der Waals surface area contributed by atoms with E-state index >= 15 is 0 Å². The number of hydrogen-bond acceptors (Lipinski definition) is 3. The average molecular weight is 340 g/mol. The van der Waals surface area contributed by atoms with Crippen LogP contribution in [0.2, 0.25) is 0 Å². The van der Waals surface area contributed by atoms with Crippen LogP contribution in [0.5, 0.6) is 0 Å². The van der Waals surface area contributed by atoms with Gasteiger partial charge in [-0.3, -0.25) is 14.5 Å². The lowest BCUT2D eigenvalue weighted by molar-refractivity contribution is -0.124. The van der Waals surface area contributed by atoms with Crippen molar-refractivity contribution in [3.63, 3.8) is 0 Å². The predicted molar refractivity (Wildman–Crippen MR) is 93.4 cm³/mol. The van der Waals surface area contributed by atoms with E-state index in [9.17, 15) is 14.0 Å². The molecule has 0 bridgehead atoms. The first-order valence-corrected chi connectivity index (χ1v) is 8.44. The number of carbonyl (C=O) groups excluding carboxylic acids is 2. The number of primary amides is 1. The van der Waals surface area contributed by atoms with Crippen LogP contribution in [0.3, 0.4) is 0 Å². The number of benzene rings is 2. The molecule has 130 valence electrons. The van der Waals surface area contributed by atoms with E-state index in [4.69, 9.17) is 5.73 Å². The van der Waals surface area contributed by atoms with E-state index in [0.29, 0.717) is 31.5 Å². The van der Waals surface area contributed by atoms with Crippen molar-refractivity contribution < 1.29 is 14.0 Å². The zero-order valence-electron chi connectivity index (χ0n) is 13.9. The summed E-state index contributed by atoms with van der Waals surface area (Å²) in [6, 6.07) is 14.7. The average Bonchev–Trinajstić information content (AvgIpc) is 2.63. The van der Waals surface area contributed by atoms with Crippen molar-refractivity contribution in [2.75, 3.05) is 13.1 Å². The fourth-order valence-corrected chi connectivity index (χ4v) is 3.46. The topological polar surface area (TPSA) is 63.4 Å². The molecule has 1 aliphatic rings. The summed E-state index contributed by atoms with van der Waals surface area (Å²) < 4.78 is 13.0. The lowest BCUT2D eigenvalue weighted by Crippen LogP contribution is -2.43. The highest BCUT2D eigenvalue weighted by Gasteiger charge is 2.32. The lowest BCUT2D eigenvalue weighted by atomic mass is 9.87. The quantitative estimate of drug-likeness (QED) is 0.851. The SMILES string of the molecule is NC(=O)C(c1ccccc1)N1CCC(C(=O)c2ccc(F)cc2)CC1. The summed E-state index contributed by atoms with van der Waals surface area (Å²) in [6.45, 7) is 1.25. The molecule has 0 radical (unpaired) electrons. The third-order valence-electron chi connectivity index (χ3n) is 4.78. The van der Waals surface area contributed by atoms with E-state index in [1.54, 1.807) is 0 Å². The predicted octanol–water partition coefficient (Wildman–Crippen LogP) is 2.95. The molecule has 1 saturated heterocycles. The number of Topliss-reactive ketones (excluding diaryl/α,β-unsaturated/α-hetero) is 1. The van der Waals surface area contributed by atoms with E-state index in [0.717, 1.165) is 5.56 Å². The number of carbonyl (C=O) groups is 2. The molecule has 3 rings (SSSR count). The highest BCUT2D eigenvalue weighted by Crippen LogP contribution is 2.28. The van der Waals surface area contributed by atoms with Crippen molar-refractivity contribution in [3.05, 3.63) is 71.5 Å². The number of amides is 1. The maximum Gasteiger partial charge on any atom is 0.239 e. The standard InChI is InChI=1S/C20H21FN2O2/c21-17-8-6-15(7-9-17)19(24)16-10-12-23(13-11-16)18(20(22)25)14-4-2-1-3-5-14/h1-9,16,18H,10-13H2,(H2,22,25). The lowest BCUT2D eigenvalue weighted by Gasteiger charge is -2.35. The van der Waals surface area contributed by atoms with Gasteiger partial charge in [0.15, 0.2) is 5.78 Å². The Kier molecular flexibility index (Phi) is 5.24. The van der Waals surface area contributed by atoms with Crippen LogP contribution in [0.4, 0.5) is 4.39 Å². The molecule has 1 heterocycles. The Labute approximate surface area is 146 Å². The van der Waals surface area contributed by atoms with Gasteiger partial charge in [-0.05, 0) is 55.8 Å². The van der Waals surface area contributed by atoms with Crippen LogP contribution in [-0.2, 0) is 4.79 Å². The van der Waals surface area contributed by atoms with Crippen molar-refractivity contribution in [3.8, 4) is 0 Å². The van der Waals surface area contributed by atoms with Crippen LogP contribution in [0.1, 0.15) is 34.8 Å². The number of nitrogens with two attached hydrogens (primary N) is 1. The van der Waals surface area contributed by atoms with Gasteiger partial charge in [0.1, 0.15) is 11.9 Å². The van der Waals surface area contributed by atoms with Gasteiger partial charge in [0, 0.05) is 11.5 Å². The Morgan fingerprint density at radius 3 is 2.16 bits per heavy atom. The van der Waals surface area contributed by atoms with E-state index in [2.05, 4.69) is 0 Å². The number of hydrogen-bond donors (Lipinski definition) is 1. The first kappa shape index (κ1) is 17.3. The fraction of sp³-hybridized carbons (Fsp3) is 0.300. The first-order valence-electron chi connectivity index (χ1n) is 8.44. The molecule has 2 aromatic rings. The van der Waals surface area contributed by atoms with Crippen molar-refractivity contribution in [1.29, 1.82) is 0 Å². The van der Waals surface area contributed by atoms with Crippen LogP contribution >= 0.6 is 0 Å². The van der Waals surface area contributed by atoms with Crippen molar-refractivity contribution in [2.24, 2.45) is 11.7 Å². The van der Waals surface area contributed by atoms with Crippen molar-refractivity contribution in [1.82, 2.24) is 4.90 Å². The molecule has 5 heteroatoms. The van der Waals surface area contributed by atoms with Gasteiger partial charge in [-0.1, -0.05) is 30.3 Å². The minimum Gasteiger partial charge on any atom is -0.368 e. The molecule has 1 atom stereocenters. The summed E-state index contributed by atoms with van der Waals surface area (Å²) in [5.41, 5.74) is 7.03. The number of rotatable bonds is 5.